The average Bonchev–Trinajstić information content (AvgIpc) is 3.15. The van der Waals surface area contributed by atoms with Crippen molar-refractivity contribution in [3.05, 3.63) is 64.7 Å². The predicted octanol–water partition coefficient (Wildman–Crippen LogP) is 2.44. The molecule has 0 radical (unpaired) electrons. The van der Waals surface area contributed by atoms with E-state index >= 15 is 0 Å². The second kappa shape index (κ2) is 7.90. The molecule has 2 fully saturated rings. The van der Waals surface area contributed by atoms with Gasteiger partial charge >= 0.3 is 0 Å². The Kier molecular flexibility index (Phi) is 5.16. The van der Waals surface area contributed by atoms with Crippen LogP contribution in [0.2, 0.25) is 0 Å². The van der Waals surface area contributed by atoms with Crippen molar-refractivity contribution >= 4 is 28.9 Å². The maximum absolute atomic E-state index is 13.1. The highest BCUT2D eigenvalue weighted by Gasteiger charge is 2.39. The highest BCUT2D eigenvalue weighted by molar-refractivity contribution is 6.03. The molecular weight excluding hydrogens is 372 g/mol. The molecule has 0 aliphatic carbocycles. The molecule has 1 atom stereocenters. The molecule has 8 nitrogen and oxygen atoms in total. The predicted molar refractivity (Wildman–Crippen MR) is 109 cm³/mol. The summed E-state index contributed by atoms with van der Waals surface area (Å²) < 4.78 is 0. The van der Waals surface area contributed by atoms with Gasteiger partial charge in [0.05, 0.1) is 4.92 Å². The van der Waals surface area contributed by atoms with E-state index in [1.807, 2.05) is 35.2 Å². The van der Waals surface area contributed by atoms with Crippen molar-refractivity contribution in [2.75, 3.05) is 36.0 Å². The summed E-state index contributed by atoms with van der Waals surface area (Å²) in [5.41, 5.74) is 1.73. The molecule has 0 saturated carbocycles. The third kappa shape index (κ3) is 3.78. The minimum atomic E-state index is -0.448. The first kappa shape index (κ1) is 18.9. The molecule has 2 heterocycles. The van der Waals surface area contributed by atoms with Crippen LogP contribution in [-0.4, -0.2) is 53.9 Å². The van der Waals surface area contributed by atoms with Crippen molar-refractivity contribution < 1.29 is 14.5 Å². The van der Waals surface area contributed by atoms with Gasteiger partial charge < -0.3 is 9.80 Å². The van der Waals surface area contributed by atoms with Crippen LogP contribution in [0.1, 0.15) is 12.8 Å². The third-order valence-electron chi connectivity index (χ3n) is 5.55. The van der Waals surface area contributed by atoms with Gasteiger partial charge in [-0.2, -0.15) is 0 Å². The van der Waals surface area contributed by atoms with Crippen molar-refractivity contribution in [1.29, 1.82) is 0 Å². The molecular formula is C21H22N4O4. The fourth-order valence-electron chi connectivity index (χ4n) is 4.01. The number of piperazine rings is 1. The molecule has 2 aromatic rings. The number of amides is 2. The number of nitro benzene ring substituents is 1. The lowest BCUT2D eigenvalue weighted by atomic mass is 10.1. The van der Waals surface area contributed by atoms with Gasteiger partial charge in [0.2, 0.25) is 11.8 Å². The number of benzene rings is 2. The Morgan fingerprint density at radius 2 is 1.59 bits per heavy atom. The van der Waals surface area contributed by atoms with Crippen LogP contribution in [0.5, 0.6) is 0 Å². The van der Waals surface area contributed by atoms with E-state index in [9.17, 15) is 19.7 Å². The number of para-hydroxylation sites is 1. The van der Waals surface area contributed by atoms with Crippen molar-refractivity contribution in [3.8, 4) is 0 Å². The summed E-state index contributed by atoms with van der Waals surface area (Å²) in [5.74, 6) is -0.0258. The zero-order chi connectivity index (χ0) is 20.4. The van der Waals surface area contributed by atoms with Gasteiger partial charge in [0.1, 0.15) is 6.04 Å². The van der Waals surface area contributed by atoms with Gasteiger partial charge in [-0.15, -0.1) is 0 Å². The van der Waals surface area contributed by atoms with Gasteiger partial charge in [0.15, 0.2) is 0 Å². The molecule has 29 heavy (non-hydrogen) atoms. The quantitative estimate of drug-likeness (QED) is 0.587. The second-order valence-corrected chi connectivity index (χ2v) is 7.24. The van der Waals surface area contributed by atoms with Crippen LogP contribution >= 0.6 is 0 Å². The summed E-state index contributed by atoms with van der Waals surface area (Å²) >= 11 is 0. The normalized spacial score (nSPS) is 19.5. The molecule has 0 bridgehead atoms. The summed E-state index contributed by atoms with van der Waals surface area (Å²) in [6.45, 7) is 2.41. The van der Waals surface area contributed by atoms with Crippen molar-refractivity contribution in [1.82, 2.24) is 4.90 Å². The van der Waals surface area contributed by atoms with Gasteiger partial charge in [-0.1, -0.05) is 18.2 Å². The lowest BCUT2D eigenvalue weighted by molar-refractivity contribution is -0.384. The van der Waals surface area contributed by atoms with E-state index in [0.29, 0.717) is 39.0 Å². The molecule has 0 N–H and O–H groups in total. The summed E-state index contributed by atoms with van der Waals surface area (Å²) in [6, 6.07) is 15.4. The monoisotopic (exact) mass is 394 g/mol. The molecule has 0 spiro atoms. The standard InChI is InChI=1S/C21H22N4O4/c26-20-11-10-19(24(20)17-4-2-1-3-5-17)21(27)23-14-12-22(13-15-23)16-6-8-18(9-7-16)25(28)29/h1-9,19H,10-15H2. The minimum Gasteiger partial charge on any atom is -0.368 e. The molecule has 0 aromatic heterocycles. The van der Waals surface area contributed by atoms with E-state index in [4.69, 9.17) is 0 Å². The zero-order valence-corrected chi connectivity index (χ0v) is 15.9. The molecule has 150 valence electrons. The van der Waals surface area contributed by atoms with E-state index in [2.05, 4.69) is 4.90 Å². The van der Waals surface area contributed by atoms with Crippen LogP contribution in [0.4, 0.5) is 17.1 Å². The lowest BCUT2D eigenvalue weighted by Gasteiger charge is -2.38. The fraction of sp³-hybridized carbons (Fsp3) is 0.333. The maximum atomic E-state index is 13.1. The Morgan fingerprint density at radius 3 is 2.21 bits per heavy atom. The van der Waals surface area contributed by atoms with E-state index in [0.717, 1.165) is 11.4 Å². The third-order valence-corrected chi connectivity index (χ3v) is 5.55. The molecule has 8 heteroatoms. The van der Waals surface area contributed by atoms with Crippen LogP contribution in [0.3, 0.4) is 0 Å². The van der Waals surface area contributed by atoms with Crippen molar-refractivity contribution in [3.63, 3.8) is 0 Å². The number of carbonyl (C=O) groups excluding carboxylic acids is 2. The zero-order valence-electron chi connectivity index (χ0n) is 15.9. The Labute approximate surface area is 168 Å². The van der Waals surface area contributed by atoms with Gasteiger partial charge in [-0.25, -0.2) is 0 Å². The molecule has 2 aliphatic heterocycles. The highest BCUT2D eigenvalue weighted by atomic mass is 16.6. The number of anilines is 2. The summed E-state index contributed by atoms with van der Waals surface area (Å²) in [7, 11) is 0. The van der Waals surface area contributed by atoms with Gasteiger partial charge in [0.25, 0.3) is 5.69 Å². The number of nitrogens with zero attached hydrogens (tertiary/aromatic N) is 4. The van der Waals surface area contributed by atoms with Crippen LogP contribution in [0.15, 0.2) is 54.6 Å². The van der Waals surface area contributed by atoms with Crippen molar-refractivity contribution in [2.24, 2.45) is 0 Å². The maximum Gasteiger partial charge on any atom is 0.269 e. The van der Waals surface area contributed by atoms with Gasteiger partial charge in [-0.3, -0.25) is 24.6 Å². The highest BCUT2D eigenvalue weighted by Crippen LogP contribution is 2.28. The topological polar surface area (TPSA) is 87.0 Å². The molecule has 2 saturated heterocycles. The van der Waals surface area contributed by atoms with Crippen LogP contribution < -0.4 is 9.80 Å². The first-order valence-corrected chi connectivity index (χ1v) is 9.70. The number of nitro groups is 1. The van der Waals surface area contributed by atoms with E-state index in [1.54, 1.807) is 17.0 Å². The van der Waals surface area contributed by atoms with E-state index in [1.165, 1.54) is 12.1 Å². The number of rotatable bonds is 4. The number of hydrogen-bond acceptors (Lipinski definition) is 5. The summed E-state index contributed by atoms with van der Waals surface area (Å²) in [6.07, 6.45) is 0.920. The first-order chi connectivity index (χ1) is 14.0. The second-order valence-electron chi connectivity index (χ2n) is 7.24. The Hall–Kier alpha value is -3.42. The molecule has 2 aromatic carbocycles. The van der Waals surface area contributed by atoms with E-state index in [-0.39, 0.29) is 17.5 Å². The lowest BCUT2D eigenvalue weighted by Crippen LogP contribution is -2.54. The van der Waals surface area contributed by atoms with Crippen LogP contribution in [-0.2, 0) is 9.59 Å². The minimum absolute atomic E-state index is 0.0111. The molecule has 2 amide bonds. The molecule has 4 rings (SSSR count). The Balaban J connectivity index is 1.41. The Morgan fingerprint density at radius 1 is 0.931 bits per heavy atom. The van der Waals surface area contributed by atoms with Crippen molar-refractivity contribution in [2.45, 2.75) is 18.9 Å². The largest absolute Gasteiger partial charge is 0.368 e. The number of non-ortho nitro benzene ring substituents is 1. The van der Waals surface area contributed by atoms with Gasteiger partial charge in [-0.05, 0) is 30.7 Å². The molecule has 2 aliphatic rings. The first-order valence-electron chi connectivity index (χ1n) is 9.70. The smallest absolute Gasteiger partial charge is 0.269 e. The van der Waals surface area contributed by atoms with E-state index < -0.39 is 11.0 Å². The average molecular weight is 394 g/mol. The summed E-state index contributed by atoms with van der Waals surface area (Å²) in [4.78, 5) is 41.5. The number of hydrogen-bond donors (Lipinski definition) is 0. The fourth-order valence-corrected chi connectivity index (χ4v) is 4.01. The van der Waals surface area contributed by atoms with Crippen LogP contribution in [0, 0.1) is 10.1 Å². The Bertz CT molecular complexity index is 908. The SMILES string of the molecule is O=C(C1CCC(=O)N1c1ccccc1)N1CCN(c2ccc([N+](=O)[O-])cc2)CC1. The van der Waals surface area contributed by atoms with Crippen LogP contribution in [0.25, 0.3) is 0 Å². The number of carbonyl (C=O) groups is 2. The summed E-state index contributed by atoms with van der Waals surface area (Å²) in [5, 5.41) is 10.8. The van der Waals surface area contributed by atoms with Gasteiger partial charge in [0, 0.05) is 56.1 Å². The molecule has 1 unspecified atom stereocenters.